The zero-order chi connectivity index (χ0) is 22.6. The van der Waals surface area contributed by atoms with Crippen molar-refractivity contribution in [2.75, 3.05) is 12.3 Å². The molecule has 4 rings (SSSR count). The zero-order valence-electron chi connectivity index (χ0n) is 17.1. The maximum atomic E-state index is 13.3. The molecule has 1 fully saturated rings. The first kappa shape index (κ1) is 22.1. The monoisotopic (exact) mass is 465 g/mol. The summed E-state index contributed by atoms with van der Waals surface area (Å²) in [6, 6.07) is 26.5. The van der Waals surface area contributed by atoms with Crippen LogP contribution in [0.4, 0.5) is 0 Å². The van der Waals surface area contributed by atoms with Crippen molar-refractivity contribution in [3.63, 3.8) is 0 Å². The van der Waals surface area contributed by atoms with Crippen LogP contribution in [0.25, 0.3) is 11.1 Å². The number of carbonyl (C=O) groups is 1. The lowest BCUT2D eigenvalue weighted by atomic mass is 10.1. The van der Waals surface area contributed by atoms with E-state index in [4.69, 9.17) is 0 Å². The number of hydrogen-bond donors (Lipinski definition) is 1. The fraction of sp³-hybridized carbons (Fsp3) is 0.167. The van der Waals surface area contributed by atoms with E-state index in [-0.39, 0.29) is 12.9 Å². The van der Waals surface area contributed by atoms with Crippen molar-refractivity contribution in [1.29, 1.82) is 5.26 Å². The molecule has 1 heterocycles. The number of amides is 1. The summed E-state index contributed by atoms with van der Waals surface area (Å²) in [6.07, 6.45) is 0. The highest BCUT2D eigenvalue weighted by molar-refractivity contribution is 8.02. The first-order valence-corrected chi connectivity index (χ1v) is 12.5. The summed E-state index contributed by atoms with van der Waals surface area (Å²) in [5, 5.41) is 11.3. The highest BCUT2D eigenvalue weighted by atomic mass is 32.2. The maximum absolute atomic E-state index is 13.3. The first-order chi connectivity index (χ1) is 15.5. The molecule has 164 valence electrons. The second-order valence-electron chi connectivity index (χ2n) is 7.21. The van der Waals surface area contributed by atoms with Crippen LogP contribution < -0.4 is 5.32 Å². The van der Waals surface area contributed by atoms with Crippen LogP contribution in [0.1, 0.15) is 13.0 Å². The van der Waals surface area contributed by atoms with Gasteiger partial charge in [-0.25, -0.2) is 8.42 Å². The molecule has 0 spiro atoms. The van der Waals surface area contributed by atoms with Crippen LogP contribution in [0.3, 0.4) is 0 Å². The second kappa shape index (κ2) is 9.57. The molecule has 0 aromatic heterocycles. The first-order valence-electron chi connectivity index (χ1n) is 10.0. The molecule has 1 saturated heterocycles. The predicted octanol–water partition coefficient (Wildman–Crippen LogP) is 4.04. The lowest BCUT2D eigenvalue weighted by molar-refractivity contribution is -0.122. The molecule has 0 aliphatic carbocycles. The van der Waals surface area contributed by atoms with Gasteiger partial charge in [-0.1, -0.05) is 72.8 Å². The van der Waals surface area contributed by atoms with Crippen LogP contribution >= 0.6 is 11.8 Å². The van der Waals surface area contributed by atoms with Gasteiger partial charge < -0.3 is 5.32 Å². The summed E-state index contributed by atoms with van der Waals surface area (Å²) in [7, 11) is -3.87. The molecule has 1 aliphatic rings. The number of benzene rings is 3. The second-order valence-corrected chi connectivity index (χ2v) is 10.3. The number of nitrogens with zero attached hydrogens (tertiary/aromatic N) is 2. The quantitative estimate of drug-likeness (QED) is 0.593. The summed E-state index contributed by atoms with van der Waals surface area (Å²) < 4.78 is 27.8. The molecule has 1 N–H and O–H groups in total. The van der Waals surface area contributed by atoms with E-state index in [1.54, 1.807) is 48.5 Å². The van der Waals surface area contributed by atoms with Gasteiger partial charge in [0.1, 0.15) is 11.4 Å². The minimum absolute atomic E-state index is 0. The van der Waals surface area contributed by atoms with Crippen molar-refractivity contribution in [3.8, 4) is 17.2 Å². The Bertz CT molecular complexity index is 1230. The van der Waals surface area contributed by atoms with Crippen LogP contribution in [-0.2, 0) is 14.8 Å². The van der Waals surface area contributed by atoms with Crippen molar-refractivity contribution in [3.05, 3.63) is 90.5 Å². The van der Waals surface area contributed by atoms with Crippen molar-refractivity contribution >= 4 is 27.7 Å². The molecular weight excluding hydrogens is 442 g/mol. The molecule has 8 heteroatoms. The van der Waals surface area contributed by atoms with Crippen molar-refractivity contribution < 1.29 is 14.6 Å². The highest BCUT2D eigenvalue weighted by Gasteiger charge is 2.40. The molecule has 0 saturated carbocycles. The summed E-state index contributed by atoms with van der Waals surface area (Å²) in [5.74, 6) is 0.00879. The maximum Gasteiger partial charge on any atom is 0.250 e. The number of thioether (sulfide) groups is 1. The molecule has 1 amide bonds. The number of carbonyl (C=O) groups excluding carboxylic acids is 1. The fourth-order valence-corrected chi connectivity index (χ4v) is 6.63. The SMILES string of the molecule is N#CC(NC(=O)C1SCCN1S(=O)(=O)c1ccc(-c2ccccc2)cc1)c1ccccc1.[HH]. The Hall–Kier alpha value is -3.12. The van der Waals surface area contributed by atoms with Crippen LogP contribution in [0, 0.1) is 11.3 Å². The third-order valence-electron chi connectivity index (χ3n) is 5.19. The van der Waals surface area contributed by atoms with Gasteiger partial charge >= 0.3 is 0 Å². The Labute approximate surface area is 193 Å². The number of nitrogens with one attached hydrogen (secondary N) is 1. The van der Waals surface area contributed by atoms with Crippen molar-refractivity contribution in [2.45, 2.75) is 16.3 Å². The van der Waals surface area contributed by atoms with Gasteiger partial charge in [0.05, 0.1) is 11.0 Å². The molecule has 0 radical (unpaired) electrons. The molecular formula is C24H23N3O3S2. The average molecular weight is 466 g/mol. The molecule has 2 unspecified atom stereocenters. The molecule has 0 bridgehead atoms. The zero-order valence-corrected chi connectivity index (χ0v) is 18.7. The lowest BCUT2D eigenvalue weighted by Crippen LogP contribution is -2.45. The molecule has 6 nitrogen and oxygen atoms in total. The van der Waals surface area contributed by atoms with E-state index in [1.807, 2.05) is 36.4 Å². The van der Waals surface area contributed by atoms with Gasteiger partial charge in [-0.05, 0) is 28.8 Å². The van der Waals surface area contributed by atoms with E-state index >= 15 is 0 Å². The van der Waals surface area contributed by atoms with E-state index in [0.29, 0.717) is 11.3 Å². The van der Waals surface area contributed by atoms with Crippen LogP contribution in [0.5, 0.6) is 0 Å². The van der Waals surface area contributed by atoms with E-state index in [9.17, 15) is 18.5 Å². The minimum Gasteiger partial charge on any atom is -0.334 e. The number of sulfonamides is 1. The smallest absolute Gasteiger partial charge is 0.250 e. The number of rotatable bonds is 6. The lowest BCUT2D eigenvalue weighted by Gasteiger charge is -2.24. The van der Waals surface area contributed by atoms with Crippen LogP contribution in [0.15, 0.2) is 89.8 Å². The molecule has 32 heavy (non-hydrogen) atoms. The largest absolute Gasteiger partial charge is 0.334 e. The molecule has 1 aliphatic heterocycles. The van der Waals surface area contributed by atoms with Gasteiger partial charge in [0.2, 0.25) is 15.9 Å². The summed E-state index contributed by atoms with van der Waals surface area (Å²) in [6.45, 7) is 0.230. The normalized spacial score (nSPS) is 17.4. The summed E-state index contributed by atoms with van der Waals surface area (Å²) in [5.41, 5.74) is 2.56. The minimum atomic E-state index is -3.87. The van der Waals surface area contributed by atoms with Gasteiger partial charge in [0, 0.05) is 13.7 Å². The van der Waals surface area contributed by atoms with Gasteiger partial charge in [-0.15, -0.1) is 11.8 Å². The Morgan fingerprint density at radius 3 is 2.22 bits per heavy atom. The number of hydrogen-bond acceptors (Lipinski definition) is 5. The Morgan fingerprint density at radius 1 is 1.00 bits per heavy atom. The Balaban J connectivity index is 0.00000306. The molecule has 3 aromatic rings. The molecule has 3 aromatic carbocycles. The number of nitriles is 1. The van der Waals surface area contributed by atoms with Gasteiger partial charge in [-0.2, -0.15) is 9.57 Å². The standard InChI is InChI=1S/C24H21N3O3S2.H2/c25-17-22(20-9-5-2-6-10-20)26-23(28)24-27(15-16-31-24)32(29,30)21-13-11-19(12-14-21)18-7-3-1-4-8-18;/h1-14,22,24H,15-16H2,(H,26,28);1H. The molecule has 2 atom stereocenters. The van der Waals surface area contributed by atoms with Crippen molar-refractivity contribution in [1.82, 2.24) is 9.62 Å². The van der Waals surface area contributed by atoms with Crippen LogP contribution in [-0.4, -0.2) is 36.3 Å². The van der Waals surface area contributed by atoms with E-state index in [0.717, 1.165) is 11.1 Å². The highest BCUT2D eigenvalue weighted by Crippen LogP contribution is 2.31. The Morgan fingerprint density at radius 2 is 1.59 bits per heavy atom. The van der Waals surface area contributed by atoms with E-state index in [1.165, 1.54) is 16.1 Å². The summed E-state index contributed by atoms with van der Waals surface area (Å²) >= 11 is 1.25. The third kappa shape index (κ3) is 4.55. The topological polar surface area (TPSA) is 90.3 Å². The fourth-order valence-electron chi connectivity index (χ4n) is 3.54. The predicted molar refractivity (Wildman–Crippen MR) is 127 cm³/mol. The van der Waals surface area contributed by atoms with Crippen LogP contribution in [0.2, 0.25) is 0 Å². The van der Waals surface area contributed by atoms with E-state index in [2.05, 4.69) is 11.4 Å². The third-order valence-corrected chi connectivity index (χ3v) is 8.40. The average Bonchev–Trinajstić information content (AvgIpc) is 3.35. The summed E-state index contributed by atoms with van der Waals surface area (Å²) in [4.78, 5) is 13.1. The Kier molecular flexibility index (Phi) is 6.61. The van der Waals surface area contributed by atoms with E-state index < -0.39 is 27.3 Å². The van der Waals surface area contributed by atoms with Gasteiger partial charge in [-0.3, -0.25) is 4.79 Å². The van der Waals surface area contributed by atoms with Crippen molar-refractivity contribution in [2.24, 2.45) is 0 Å². The van der Waals surface area contributed by atoms with Gasteiger partial charge in [0.15, 0.2) is 0 Å². The van der Waals surface area contributed by atoms with Gasteiger partial charge in [0.25, 0.3) is 0 Å².